The fourth-order valence-electron chi connectivity index (χ4n) is 2.05. The summed E-state index contributed by atoms with van der Waals surface area (Å²) in [4.78, 5) is 12.7. The van der Waals surface area contributed by atoms with Gasteiger partial charge in [-0.1, -0.05) is 36.4 Å². The van der Waals surface area contributed by atoms with Crippen LogP contribution in [0.15, 0.2) is 65.1 Å². The van der Waals surface area contributed by atoms with Crippen LogP contribution in [-0.4, -0.2) is 18.7 Å². The predicted molar refractivity (Wildman–Crippen MR) is 92.5 cm³/mol. The third-order valence-corrected chi connectivity index (χ3v) is 3.93. The average Bonchev–Trinajstić information content (AvgIpc) is 3.06. The van der Waals surface area contributed by atoms with Crippen molar-refractivity contribution < 1.29 is 4.79 Å². The number of hydrogen-bond donors (Lipinski definition) is 2. The molecule has 1 heterocycles. The van der Waals surface area contributed by atoms with Gasteiger partial charge >= 0.3 is 0 Å². The Balaban J connectivity index is 1.53. The lowest BCUT2D eigenvalue weighted by atomic mass is 10.1. The van der Waals surface area contributed by atoms with Crippen LogP contribution < -0.4 is 10.7 Å². The number of amides is 1. The van der Waals surface area contributed by atoms with E-state index in [0.717, 1.165) is 16.0 Å². The second-order valence-corrected chi connectivity index (χ2v) is 5.70. The maximum absolute atomic E-state index is 11.7. The highest BCUT2D eigenvalue weighted by Crippen LogP contribution is 2.18. The van der Waals surface area contributed by atoms with Crippen LogP contribution in [0.1, 0.15) is 4.88 Å². The van der Waals surface area contributed by atoms with Gasteiger partial charge in [-0.3, -0.25) is 4.79 Å². The minimum atomic E-state index is -0.180. The number of hydrazone groups is 1. The summed E-state index contributed by atoms with van der Waals surface area (Å²) in [6.07, 6.45) is 1.64. The van der Waals surface area contributed by atoms with E-state index in [4.69, 9.17) is 0 Å². The number of rotatable bonds is 5. The zero-order valence-corrected chi connectivity index (χ0v) is 12.6. The lowest BCUT2D eigenvalue weighted by molar-refractivity contribution is -0.119. The molecule has 110 valence electrons. The Hall–Kier alpha value is -2.66. The zero-order valence-electron chi connectivity index (χ0n) is 11.8. The first-order chi connectivity index (χ1) is 10.8. The highest BCUT2D eigenvalue weighted by molar-refractivity contribution is 7.11. The van der Waals surface area contributed by atoms with E-state index in [2.05, 4.69) is 21.9 Å². The molecule has 0 aliphatic heterocycles. The molecule has 3 aromatic rings. The van der Waals surface area contributed by atoms with Gasteiger partial charge in [0.15, 0.2) is 0 Å². The van der Waals surface area contributed by atoms with Crippen LogP contribution in [0.25, 0.3) is 10.8 Å². The molecule has 5 heteroatoms. The summed E-state index contributed by atoms with van der Waals surface area (Å²) < 4.78 is 0. The molecule has 4 nitrogen and oxygen atoms in total. The van der Waals surface area contributed by atoms with E-state index in [1.807, 2.05) is 53.9 Å². The Morgan fingerprint density at radius 2 is 1.95 bits per heavy atom. The van der Waals surface area contributed by atoms with E-state index in [9.17, 15) is 4.79 Å². The summed E-state index contributed by atoms with van der Waals surface area (Å²) in [5.74, 6) is -0.180. The van der Waals surface area contributed by atoms with Crippen LogP contribution in [0.5, 0.6) is 0 Å². The molecule has 22 heavy (non-hydrogen) atoms. The van der Waals surface area contributed by atoms with E-state index in [-0.39, 0.29) is 12.5 Å². The van der Waals surface area contributed by atoms with Crippen LogP contribution in [-0.2, 0) is 4.79 Å². The molecule has 1 aromatic heterocycles. The minimum absolute atomic E-state index is 0.180. The third kappa shape index (κ3) is 3.71. The monoisotopic (exact) mass is 309 g/mol. The molecule has 3 rings (SSSR count). The van der Waals surface area contributed by atoms with Gasteiger partial charge in [-0.2, -0.15) is 5.10 Å². The SMILES string of the molecule is O=C(CNc1ccc2ccccc2c1)N/N=C\c1cccs1. The molecule has 2 N–H and O–H groups in total. The van der Waals surface area contributed by atoms with Crippen LogP contribution in [0.2, 0.25) is 0 Å². The van der Waals surface area contributed by atoms with Crippen LogP contribution in [0, 0.1) is 0 Å². The van der Waals surface area contributed by atoms with Gasteiger partial charge < -0.3 is 5.32 Å². The number of benzene rings is 2. The molecule has 0 atom stereocenters. The van der Waals surface area contributed by atoms with Crippen molar-refractivity contribution >= 4 is 39.9 Å². The molecule has 0 aliphatic rings. The fourth-order valence-corrected chi connectivity index (χ4v) is 2.64. The zero-order chi connectivity index (χ0) is 15.2. The highest BCUT2D eigenvalue weighted by atomic mass is 32.1. The maximum Gasteiger partial charge on any atom is 0.259 e. The number of thiophene rings is 1. The number of fused-ring (bicyclic) bond motifs is 1. The van der Waals surface area contributed by atoms with Crippen molar-refractivity contribution in [2.24, 2.45) is 5.10 Å². The molecule has 0 fully saturated rings. The van der Waals surface area contributed by atoms with Crippen LogP contribution in [0.3, 0.4) is 0 Å². The Morgan fingerprint density at radius 1 is 1.09 bits per heavy atom. The second kappa shape index (κ2) is 6.87. The van der Waals surface area contributed by atoms with Gasteiger partial charge in [0.05, 0.1) is 12.8 Å². The molecular weight excluding hydrogens is 294 g/mol. The van der Waals surface area contributed by atoms with Crippen molar-refractivity contribution in [3.8, 4) is 0 Å². The van der Waals surface area contributed by atoms with Crippen LogP contribution in [0.4, 0.5) is 5.69 Å². The van der Waals surface area contributed by atoms with Crippen molar-refractivity contribution in [2.75, 3.05) is 11.9 Å². The largest absolute Gasteiger partial charge is 0.376 e. The van der Waals surface area contributed by atoms with Gasteiger partial charge in [0, 0.05) is 10.6 Å². The Bertz CT molecular complexity index is 797. The first kappa shape index (κ1) is 14.3. The molecule has 0 unspecified atom stereocenters. The van der Waals surface area contributed by atoms with Crippen LogP contribution >= 0.6 is 11.3 Å². The molecule has 0 aliphatic carbocycles. The fraction of sp³-hybridized carbons (Fsp3) is 0.0588. The second-order valence-electron chi connectivity index (χ2n) is 4.72. The van der Waals surface area contributed by atoms with E-state index in [1.54, 1.807) is 17.6 Å². The van der Waals surface area contributed by atoms with Crippen molar-refractivity contribution in [1.29, 1.82) is 0 Å². The number of carbonyl (C=O) groups is 1. The molecule has 2 aromatic carbocycles. The third-order valence-electron chi connectivity index (χ3n) is 3.13. The van der Waals surface area contributed by atoms with Crippen molar-refractivity contribution in [3.63, 3.8) is 0 Å². The smallest absolute Gasteiger partial charge is 0.259 e. The minimum Gasteiger partial charge on any atom is -0.376 e. The first-order valence-electron chi connectivity index (χ1n) is 6.89. The number of hydrogen-bond acceptors (Lipinski definition) is 4. The maximum atomic E-state index is 11.7. The van der Waals surface area contributed by atoms with E-state index in [1.165, 1.54) is 5.39 Å². The van der Waals surface area contributed by atoms with Crippen molar-refractivity contribution in [2.45, 2.75) is 0 Å². The predicted octanol–water partition coefficient (Wildman–Crippen LogP) is 3.46. The number of carbonyl (C=O) groups excluding carboxylic acids is 1. The normalized spacial score (nSPS) is 10.9. The number of nitrogens with one attached hydrogen (secondary N) is 2. The van der Waals surface area contributed by atoms with E-state index in [0.29, 0.717) is 0 Å². The number of anilines is 1. The molecular formula is C17H15N3OS. The Labute approximate surface area is 132 Å². The summed E-state index contributed by atoms with van der Waals surface area (Å²) >= 11 is 1.57. The standard InChI is InChI=1S/C17H15N3OS/c21-17(20-19-11-16-6-3-9-22-16)12-18-15-8-7-13-4-1-2-5-14(13)10-15/h1-11,18H,12H2,(H,20,21)/b19-11-. The molecule has 0 radical (unpaired) electrons. The molecule has 0 saturated heterocycles. The Morgan fingerprint density at radius 3 is 2.77 bits per heavy atom. The lowest BCUT2D eigenvalue weighted by Gasteiger charge is -2.06. The van der Waals surface area contributed by atoms with Gasteiger partial charge in [-0.05, 0) is 34.4 Å². The average molecular weight is 309 g/mol. The number of nitrogens with zero attached hydrogens (tertiary/aromatic N) is 1. The summed E-state index contributed by atoms with van der Waals surface area (Å²) in [6.45, 7) is 0.181. The highest BCUT2D eigenvalue weighted by Gasteiger charge is 2.00. The van der Waals surface area contributed by atoms with Crippen molar-refractivity contribution in [1.82, 2.24) is 5.43 Å². The Kier molecular flexibility index (Phi) is 4.46. The van der Waals surface area contributed by atoms with Gasteiger partial charge in [0.2, 0.25) is 0 Å². The summed E-state index contributed by atoms with van der Waals surface area (Å²) in [5.41, 5.74) is 3.42. The molecule has 0 saturated carbocycles. The quantitative estimate of drug-likeness (QED) is 0.560. The van der Waals surface area contributed by atoms with Gasteiger partial charge in [-0.25, -0.2) is 5.43 Å². The van der Waals surface area contributed by atoms with E-state index >= 15 is 0 Å². The first-order valence-corrected chi connectivity index (χ1v) is 7.77. The van der Waals surface area contributed by atoms with Gasteiger partial charge in [0.25, 0.3) is 5.91 Å². The summed E-state index contributed by atoms with van der Waals surface area (Å²) in [5, 5.41) is 11.3. The van der Waals surface area contributed by atoms with Crippen molar-refractivity contribution in [3.05, 3.63) is 64.9 Å². The topological polar surface area (TPSA) is 53.5 Å². The van der Waals surface area contributed by atoms with Gasteiger partial charge in [-0.15, -0.1) is 11.3 Å². The molecule has 1 amide bonds. The molecule has 0 spiro atoms. The summed E-state index contributed by atoms with van der Waals surface area (Å²) in [6, 6.07) is 18.0. The summed E-state index contributed by atoms with van der Waals surface area (Å²) in [7, 11) is 0. The van der Waals surface area contributed by atoms with Gasteiger partial charge in [0.1, 0.15) is 0 Å². The lowest BCUT2D eigenvalue weighted by Crippen LogP contribution is -2.25. The van der Waals surface area contributed by atoms with E-state index < -0.39 is 0 Å². The molecule has 0 bridgehead atoms.